The third-order valence-corrected chi connectivity index (χ3v) is 2.98. The number of nitro groups is 1. The SMILES string of the molecule is O=[N+]([O-])c1ccc(-n2cc(CCBr)nn2)cc1Cl. The summed E-state index contributed by atoms with van der Waals surface area (Å²) in [5, 5.41) is 19.4. The molecule has 6 nitrogen and oxygen atoms in total. The quantitative estimate of drug-likeness (QED) is 0.490. The molecular formula is C10H8BrClN4O2. The maximum Gasteiger partial charge on any atom is 0.288 e. The van der Waals surface area contributed by atoms with Gasteiger partial charge in [-0.1, -0.05) is 32.7 Å². The van der Waals surface area contributed by atoms with Crippen molar-refractivity contribution in [2.24, 2.45) is 0 Å². The van der Waals surface area contributed by atoms with Crippen molar-refractivity contribution in [2.75, 3.05) is 5.33 Å². The number of aromatic nitrogens is 3. The molecule has 8 heteroatoms. The molecule has 0 aliphatic heterocycles. The molecule has 2 aromatic rings. The Labute approximate surface area is 116 Å². The zero-order valence-electron chi connectivity index (χ0n) is 9.08. The standard InChI is InChI=1S/C10H8BrClN4O2/c11-4-3-7-6-15(14-13-7)8-1-2-10(16(17)18)9(12)5-8/h1-2,5-6H,3-4H2. The highest BCUT2D eigenvalue weighted by atomic mass is 79.9. The second-order valence-electron chi connectivity index (χ2n) is 3.49. The van der Waals surface area contributed by atoms with Crippen molar-refractivity contribution in [3.05, 3.63) is 45.2 Å². The van der Waals surface area contributed by atoms with Crippen LogP contribution in [0, 0.1) is 10.1 Å². The first-order chi connectivity index (χ1) is 8.61. The van der Waals surface area contributed by atoms with Crippen LogP contribution in [0.2, 0.25) is 5.02 Å². The number of benzene rings is 1. The maximum absolute atomic E-state index is 10.6. The molecule has 0 aliphatic carbocycles. The van der Waals surface area contributed by atoms with Crippen LogP contribution in [0.15, 0.2) is 24.4 Å². The summed E-state index contributed by atoms with van der Waals surface area (Å²) in [6, 6.07) is 4.42. The van der Waals surface area contributed by atoms with E-state index in [2.05, 4.69) is 26.2 Å². The molecule has 0 spiro atoms. The number of alkyl halides is 1. The van der Waals surface area contributed by atoms with E-state index in [0.717, 1.165) is 17.4 Å². The second kappa shape index (κ2) is 5.45. The van der Waals surface area contributed by atoms with Crippen LogP contribution < -0.4 is 0 Å². The Morgan fingerprint density at radius 1 is 1.50 bits per heavy atom. The van der Waals surface area contributed by atoms with Crippen molar-refractivity contribution in [1.29, 1.82) is 0 Å². The number of hydrogen-bond donors (Lipinski definition) is 0. The summed E-state index contributed by atoms with van der Waals surface area (Å²) in [6.07, 6.45) is 2.53. The Morgan fingerprint density at radius 3 is 2.89 bits per heavy atom. The van der Waals surface area contributed by atoms with Crippen LogP contribution in [0.1, 0.15) is 5.69 Å². The predicted molar refractivity (Wildman–Crippen MR) is 70.5 cm³/mol. The molecule has 0 radical (unpaired) electrons. The van der Waals surface area contributed by atoms with E-state index in [0.29, 0.717) is 5.69 Å². The molecule has 1 aromatic heterocycles. The number of nitrogens with zero attached hydrogens (tertiary/aromatic N) is 4. The van der Waals surface area contributed by atoms with Gasteiger partial charge in [0.05, 0.1) is 22.5 Å². The molecule has 2 rings (SSSR count). The molecule has 0 unspecified atom stereocenters. The normalized spacial score (nSPS) is 10.6. The average molecular weight is 332 g/mol. The molecule has 1 heterocycles. The first kappa shape index (κ1) is 13.0. The van der Waals surface area contributed by atoms with Gasteiger partial charge in [-0.25, -0.2) is 4.68 Å². The van der Waals surface area contributed by atoms with E-state index < -0.39 is 4.92 Å². The van der Waals surface area contributed by atoms with Crippen LogP contribution >= 0.6 is 27.5 Å². The van der Waals surface area contributed by atoms with E-state index in [1.54, 1.807) is 12.3 Å². The van der Waals surface area contributed by atoms with Crippen molar-refractivity contribution < 1.29 is 4.92 Å². The number of halogens is 2. The largest absolute Gasteiger partial charge is 0.288 e. The molecule has 1 aromatic carbocycles. The van der Waals surface area contributed by atoms with Gasteiger partial charge in [0.15, 0.2) is 0 Å². The Morgan fingerprint density at radius 2 is 2.28 bits per heavy atom. The molecular weight excluding hydrogens is 323 g/mol. The van der Waals surface area contributed by atoms with Crippen LogP contribution in [-0.4, -0.2) is 25.2 Å². The fourth-order valence-corrected chi connectivity index (χ4v) is 2.07. The maximum atomic E-state index is 10.6. The van der Waals surface area contributed by atoms with E-state index in [9.17, 15) is 10.1 Å². The van der Waals surface area contributed by atoms with Gasteiger partial charge in [0.25, 0.3) is 5.69 Å². The summed E-state index contributed by atoms with van der Waals surface area (Å²) in [5.74, 6) is 0. The van der Waals surface area contributed by atoms with Crippen LogP contribution in [-0.2, 0) is 6.42 Å². The van der Waals surface area contributed by atoms with Crippen molar-refractivity contribution in [1.82, 2.24) is 15.0 Å². The lowest BCUT2D eigenvalue weighted by molar-refractivity contribution is -0.384. The lowest BCUT2D eigenvalue weighted by Gasteiger charge is -2.01. The fraction of sp³-hybridized carbons (Fsp3) is 0.200. The highest BCUT2D eigenvalue weighted by Gasteiger charge is 2.13. The lowest BCUT2D eigenvalue weighted by Crippen LogP contribution is -1.96. The molecule has 0 bridgehead atoms. The molecule has 0 saturated carbocycles. The minimum atomic E-state index is -0.524. The predicted octanol–water partition coefficient (Wildman–Crippen LogP) is 2.77. The Balaban J connectivity index is 2.33. The Hall–Kier alpha value is -1.47. The summed E-state index contributed by atoms with van der Waals surface area (Å²) in [6.45, 7) is 0. The minimum absolute atomic E-state index is 0.0787. The van der Waals surface area contributed by atoms with Gasteiger partial charge < -0.3 is 0 Å². The first-order valence-corrected chi connectivity index (χ1v) is 6.53. The third-order valence-electron chi connectivity index (χ3n) is 2.28. The van der Waals surface area contributed by atoms with Gasteiger partial charge >= 0.3 is 0 Å². The molecule has 0 atom stereocenters. The molecule has 0 saturated heterocycles. The highest BCUT2D eigenvalue weighted by Crippen LogP contribution is 2.26. The number of aryl methyl sites for hydroxylation is 1. The first-order valence-electron chi connectivity index (χ1n) is 5.03. The zero-order chi connectivity index (χ0) is 13.1. The van der Waals surface area contributed by atoms with Crippen molar-refractivity contribution >= 4 is 33.2 Å². The Bertz CT molecular complexity index is 587. The molecule has 94 valence electrons. The zero-order valence-corrected chi connectivity index (χ0v) is 11.4. The smallest absolute Gasteiger partial charge is 0.258 e. The van der Waals surface area contributed by atoms with Crippen LogP contribution in [0.25, 0.3) is 5.69 Å². The lowest BCUT2D eigenvalue weighted by atomic mass is 10.3. The van der Waals surface area contributed by atoms with Gasteiger partial charge in [-0.15, -0.1) is 5.10 Å². The van der Waals surface area contributed by atoms with Crippen LogP contribution in [0.3, 0.4) is 0 Å². The Kier molecular flexibility index (Phi) is 3.93. The topological polar surface area (TPSA) is 73.8 Å². The number of rotatable bonds is 4. The minimum Gasteiger partial charge on any atom is -0.258 e. The second-order valence-corrected chi connectivity index (χ2v) is 4.69. The molecule has 0 fully saturated rings. The third kappa shape index (κ3) is 2.68. The van der Waals surface area contributed by atoms with E-state index in [4.69, 9.17) is 11.6 Å². The van der Waals surface area contributed by atoms with Gasteiger partial charge in [0.1, 0.15) is 5.02 Å². The molecule has 18 heavy (non-hydrogen) atoms. The summed E-state index contributed by atoms with van der Waals surface area (Å²) in [7, 11) is 0. The van der Waals surface area contributed by atoms with Gasteiger partial charge in [-0.3, -0.25) is 10.1 Å². The fourth-order valence-electron chi connectivity index (χ4n) is 1.42. The van der Waals surface area contributed by atoms with Gasteiger partial charge in [-0.2, -0.15) is 0 Å². The van der Waals surface area contributed by atoms with Crippen LogP contribution in [0.5, 0.6) is 0 Å². The van der Waals surface area contributed by atoms with Crippen molar-refractivity contribution in [2.45, 2.75) is 6.42 Å². The number of hydrogen-bond acceptors (Lipinski definition) is 4. The van der Waals surface area contributed by atoms with Crippen molar-refractivity contribution in [3.8, 4) is 5.69 Å². The summed E-state index contributed by atoms with van der Waals surface area (Å²) in [5.41, 5.74) is 1.35. The average Bonchev–Trinajstić information content (AvgIpc) is 2.77. The summed E-state index contributed by atoms with van der Waals surface area (Å²) in [4.78, 5) is 10.1. The summed E-state index contributed by atoms with van der Waals surface area (Å²) < 4.78 is 1.54. The van der Waals surface area contributed by atoms with E-state index in [-0.39, 0.29) is 10.7 Å². The molecule has 0 N–H and O–H groups in total. The van der Waals surface area contributed by atoms with E-state index in [1.165, 1.54) is 16.8 Å². The molecule has 0 aliphatic rings. The van der Waals surface area contributed by atoms with Gasteiger partial charge in [0, 0.05) is 17.8 Å². The number of nitro benzene ring substituents is 1. The highest BCUT2D eigenvalue weighted by molar-refractivity contribution is 9.09. The summed E-state index contributed by atoms with van der Waals surface area (Å²) >= 11 is 9.15. The van der Waals surface area contributed by atoms with Crippen molar-refractivity contribution in [3.63, 3.8) is 0 Å². The van der Waals surface area contributed by atoms with Gasteiger partial charge in [-0.05, 0) is 12.1 Å². The van der Waals surface area contributed by atoms with E-state index >= 15 is 0 Å². The van der Waals surface area contributed by atoms with Gasteiger partial charge in [0.2, 0.25) is 0 Å². The monoisotopic (exact) mass is 330 g/mol. The molecule has 0 amide bonds. The van der Waals surface area contributed by atoms with E-state index in [1.807, 2.05) is 0 Å². The van der Waals surface area contributed by atoms with Crippen LogP contribution in [0.4, 0.5) is 5.69 Å².